The second-order valence-electron chi connectivity index (χ2n) is 3.85. The van der Waals surface area contributed by atoms with Gasteiger partial charge in [0, 0.05) is 10.5 Å². The van der Waals surface area contributed by atoms with Gasteiger partial charge in [0.15, 0.2) is 0 Å². The molecule has 6 heteroatoms. The van der Waals surface area contributed by atoms with Gasteiger partial charge < -0.3 is 5.11 Å². The van der Waals surface area contributed by atoms with Crippen molar-refractivity contribution in [1.82, 2.24) is 4.72 Å². The molecule has 0 saturated carbocycles. The Kier molecular flexibility index (Phi) is 5.12. The zero-order valence-corrected chi connectivity index (χ0v) is 12.2. The van der Waals surface area contributed by atoms with Crippen molar-refractivity contribution in [2.45, 2.75) is 37.8 Å². The van der Waals surface area contributed by atoms with Gasteiger partial charge in [-0.1, -0.05) is 13.0 Å². The second-order valence-corrected chi connectivity index (χ2v) is 6.39. The van der Waals surface area contributed by atoms with Crippen molar-refractivity contribution in [1.29, 1.82) is 0 Å². The fourth-order valence-corrected chi connectivity index (χ4v) is 3.60. The standard InChI is InChI=1S/C11H16BrNO3S/c1-3-8(2)13-17(15,16)11-6-9(7-14)4-5-10(11)12/h4-6,8,13-14H,3,7H2,1-2H3. The molecule has 0 amide bonds. The number of sulfonamides is 1. The molecular formula is C11H16BrNO3S. The Labute approximate surface area is 110 Å². The SMILES string of the molecule is CCC(C)NS(=O)(=O)c1cc(CO)ccc1Br. The summed E-state index contributed by atoms with van der Waals surface area (Å²) in [6, 6.07) is 4.64. The first-order valence-corrected chi connectivity index (χ1v) is 7.60. The number of rotatable bonds is 5. The molecule has 17 heavy (non-hydrogen) atoms. The van der Waals surface area contributed by atoms with Gasteiger partial charge in [-0.05, 0) is 47.0 Å². The Morgan fingerprint density at radius 2 is 2.12 bits per heavy atom. The summed E-state index contributed by atoms with van der Waals surface area (Å²) in [5.74, 6) is 0. The summed E-state index contributed by atoms with van der Waals surface area (Å²) < 4.78 is 27.2. The monoisotopic (exact) mass is 321 g/mol. The average molecular weight is 322 g/mol. The first-order valence-electron chi connectivity index (χ1n) is 5.32. The predicted molar refractivity (Wildman–Crippen MR) is 70.1 cm³/mol. The lowest BCUT2D eigenvalue weighted by molar-refractivity contribution is 0.281. The third-order valence-electron chi connectivity index (χ3n) is 2.44. The van der Waals surface area contributed by atoms with E-state index in [1.807, 2.05) is 6.92 Å². The van der Waals surface area contributed by atoms with Gasteiger partial charge >= 0.3 is 0 Å². The maximum Gasteiger partial charge on any atom is 0.241 e. The van der Waals surface area contributed by atoms with Gasteiger partial charge in [0.05, 0.1) is 11.5 Å². The molecule has 0 bridgehead atoms. The zero-order chi connectivity index (χ0) is 13.1. The molecule has 0 heterocycles. The van der Waals surface area contributed by atoms with Crippen molar-refractivity contribution in [2.24, 2.45) is 0 Å². The highest BCUT2D eigenvalue weighted by atomic mass is 79.9. The van der Waals surface area contributed by atoms with E-state index in [0.29, 0.717) is 10.0 Å². The van der Waals surface area contributed by atoms with E-state index >= 15 is 0 Å². The maximum absolute atomic E-state index is 12.1. The highest BCUT2D eigenvalue weighted by molar-refractivity contribution is 9.10. The molecule has 1 aromatic rings. The number of aliphatic hydroxyl groups is 1. The molecule has 0 aliphatic carbocycles. The van der Waals surface area contributed by atoms with Crippen LogP contribution in [0.3, 0.4) is 0 Å². The normalized spacial score (nSPS) is 13.6. The molecule has 0 spiro atoms. The van der Waals surface area contributed by atoms with E-state index in [2.05, 4.69) is 20.7 Å². The van der Waals surface area contributed by atoms with Crippen molar-refractivity contribution in [3.63, 3.8) is 0 Å². The number of hydrogen-bond acceptors (Lipinski definition) is 3. The maximum atomic E-state index is 12.1. The minimum atomic E-state index is -3.54. The van der Waals surface area contributed by atoms with Crippen LogP contribution in [0.15, 0.2) is 27.6 Å². The molecule has 1 aromatic carbocycles. The van der Waals surface area contributed by atoms with Crippen LogP contribution in [-0.2, 0) is 16.6 Å². The van der Waals surface area contributed by atoms with E-state index in [1.54, 1.807) is 19.1 Å². The van der Waals surface area contributed by atoms with Crippen molar-refractivity contribution >= 4 is 26.0 Å². The second kappa shape index (κ2) is 5.95. The molecule has 1 rings (SSSR count). The number of halogens is 1. The summed E-state index contributed by atoms with van der Waals surface area (Å²) in [5.41, 5.74) is 0.567. The smallest absolute Gasteiger partial charge is 0.241 e. The minimum absolute atomic E-state index is 0.121. The van der Waals surface area contributed by atoms with E-state index < -0.39 is 10.0 Å². The lowest BCUT2D eigenvalue weighted by Crippen LogP contribution is -2.32. The lowest BCUT2D eigenvalue weighted by atomic mass is 10.2. The molecule has 0 aliphatic rings. The quantitative estimate of drug-likeness (QED) is 0.871. The molecule has 0 radical (unpaired) electrons. The average Bonchev–Trinajstić information content (AvgIpc) is 2.28. The molecule has 0 aliphatic heterocycles. The molecule has 0 aromatic heterocycles. The summed E-state index contributed by atoms with van der Waals surface area (Å²) in [5, 5.41) is 9.02. The van der Waals surface area contributed by atoms with Gasteiger partial charge in [-0.2, -0.15) is 0 Å². The predicted octanol–water partition coefficient (Wildman–Crippen LogP) is 2.02. The molecule has 0 fully saturated rings. The summed E-state index contributed by atoms with van der Waals surface area (Å²) in [6.45, 7) is 3.53. The molecule has 1 atom stereocenters. The van der Waals surface area contributed by atoms with Gasteiger partial charge in [-0.15, -0.1) is 0 Å². The van der Waals surface area contributed by atoms with Crippen molar-refractivity contribution in [3.05, 3.63) is 28.2 Å². The van der Waals surface area contributed by atoms with Crippen molar-refractivity contribution in [2.75, 3.05) is 0 Å². The summed E-state index contributed by atoms with van der Waals surface area (Å²) in [7, 11) is -3.54. The van der Waals surface area contributed by atoms with E-state index in [0.717, 1.165) is 6.42 Å². The first kappa shape index (κ1) is 14.6. The number of benzene rings is 1. The Hall–Kier alpha value is -0.430. The largest absolute Gasteiger partial charge is 0.392 e. The number of aliphatic hydroxyl groups excluding tert-OH is 1. The van der Waals surface area contributed by atoms with Gasteiger partial charge in [-0.3, -0.25) is 0 Å². The molecular weight excluding hydrogens is 306 g/mol. The van der Waals surface area contributed by atoms with E-state index in [4.69, 9.17) is 5.11 Å². The molecule has 0 saturated heterocycles. The minimum Gasteiger partial charge on any atom is -0.392 e. The highest BCUT2D eigenvalue weighted by Gasteiger charge is 2.19. The van der Waals surface area contributed by atoms with Gasteiger partial charge in [-0.25, -0.2) is 13.1 Å². The topological polar surface area (TPSA) is 66.4 Å². The van der Waals surface area contributed by atoms with Crippen molar-refractivity contribution in [3.8, 4) is 0 Å². The molecule has 4 nitrogen and oxygen atoms in total. The molecule has 96 valence electrons. The fraction of sp³-hybridized carbons (Fsp3) is 0.455. The van der Waals surface area contributed by atoms with Crippen LogP contribution in [0, 0.1) is 0 Å². The van der Waals surface area contributed by atoms with E-state index in [1.165, 1.54) is 6.07 Å². The van der Waals surface area contributed by atoms with Gasteiger partial charge in [0.2, 0.25) is 10.0 Å². The Balaban J connectivity index is 3.14. The Bertz CT molecular complexity index is 487. The Morgan fingerprint density at radius 1 is 1.47 bits per heavy atom. The van der Waals surface area contributed by atoms with Crippen LogP contribution in [0.5, 0.6) is 0 Å². The molecule has 1 unspecified atom stereocenters. The van der Waals surface area contributed by atoms with Gasteiger partial charge in [0.1, 0.15) is 0 Å². The van der Waals surface area contributed by atoms with Crippen LogP contribution in [0.4, 0.5) is 0 Å². The van der Waals surface area contributed by atoms with E-state index in [9.17, 15) is 8.42 Å². The van der Waals surface area contributed by atoms with E-state index in [-0.39, 0.29) is 17.5 Å². The van der Waals surface area contributed by atoms with Crippen molar-refractivity contribution < 1.29 is 13.5 Å². The van der Waals surface area contributed by atoms with Crippen LogP contribution in [0.1, 0.15) is 25.8 Å². The number of hydrogen-bond donors (Lipinski definition) is 2. The van der Waals surface area contributed by atoms with Crippen LogP contribution >= 0.6 is 15.9 Å². The summed E-state index contributed by atoms with van der Waals surface area (Å²) in [4.78, 5) is 0.157. The summed E-state index contributed by atoms with van der Waals surface area (Å²) in [6.07, 6.45) is 0.719. The molecule has 2 N–H and O–H groups in total. The Morgan fingerprint density at radius 3 is 2.65 bits per heavy atom. The van der Waals surface area contributed by atoms with Crippen LogP contribution < -0.4 is 4.72 Å². The first-order chi connectivity index (χ1) is 7.90. The van der Waals surface area contributed by atoms with Gasteiger partial charge in [0.25, 0.3) is 0 Å². The van der Waals surface area contributed by atoms with Crippen LogP contribution in [0.2, 0.25) is 0 Å². The highest BCUT2D eigenvalue weighted by Crippen LogP contribution is 2.23. The third kappa shape index (κ3) is 3.77. The van der Waals surface area contributed by atoms with Crippen LogP contribution in [0.25, 0.3) is 0 Å². The zero-order valence-electron chi connectivity index (χ0n) is 9.77. The lowest BCUT2D eigenvalue weighted by Gasteiger charge is -2.13. The number of nitrogens with one attached hydrogen (secondary N) is 1. The summed E-state index contributed by atoms with van der Waals surface area (Å²) >= 11 is 3.21. The van der Waals surface area contributed by atoms with Crippen LogP contribution in [-0.4, -0.2) is 19.6 Å². The fourth-order valence-electron chi connectivity index (χ4n) is 1.26. The third-order valence-corrected chi connectivity index (χ3v) is 5.02.